The number of carboxylic acids is 1. The van der Waals surface area contributed by atoms with Crippen molar-refractivity contribution in [2.75, 3.05) is 13.2 Å². The molecule has 2 unspecified atom stereocenters. The SMILES string of the molecule is Cc1ccccc1C1CN(C(=O)[C@@H]2CC[C@H](C(=O)O)C2)C(C)CO1. The van der Waals surface area contributed by atoms with E-state index in [0.29, 0.717) is 32.4 Å². The number of carbonyl (C=O) groups excluding carboxylic acids is 1. The van der Waals surface area contributed by atoms with Gasteiger partial charge in [0, 0.05) is 5.92 Å². The average molecular weight is 331 g/mol. The smallest absolute Gasteiger partial charge is 0.306 e. The summed E-state index contributed by atoms with van der Waals surface area (Å²) < 4.78 is 5.97. The van der Waals surface area contributed by atoms with E-state index >= 15 is 0 Å². The van der Waals surface area contributed by atoms with Crippen molar-refractivity contribution in [3.05, 3.63) is 35.4 Å². The molecular formula is C19H25NO4. The zero-order valence-electron chi connectivity index (χ0n) is 14.3. The monoisotopic (exact) mass is 331 g/mol. The molecule has 2 fully saturated rings. The number of hydrogen-bond donors (Lipinski definition) is 1. The Hall–Kier alpha value is -1.88. The first kappa shape index (κ1) is 17.0. The Labute approximate surface area is 142 Å². The fourth-order valence-electron chi connectivity index (χ4n) is 3.86. The van der Waals surface area contributed by atoms with E-state index in [0.717, 1.165) is 11.1 Å². The van der Waals surface area contributed by atoms with Crippen LogP contribution in [-0.2, 0) is 14.3 Å². The molecule has 1 aliphatic carbocycles. The fraction of sp³-hybridized carbons (Fsp3) is 0.579. The normalized spacial score (nSPS) is 30.3. The molecule has 0 bridgehead atoms. The third kappa shape index (κ3) is 3.31. The van der Waals surface area contributed by atoms with Crippen LogP contribution >= 0.6 is 0 Å². The second-order valence-electron chi connectivity index (χ2n) is 7.06. The van der Waals surface area contributed by atoms with Gasteiger partial charge in [-0.2, -0.15) is 0 Å². The van der Waals surface area contributed by atoms with Crippen molar-refractivity contribution >= 4 is 11.9 Å². The molecule has 1 saturated heterocycles. The Morgan fingerprint density at radius 3 is 2.58 bits per heavy atom. The van der Waals surface area contributed by atoms with Crippen LogP contribution in [0.15, 0.2) is 24.3 Å². The number of carboxylic acid groups (broad SMARTS) is 1. The molecule has 1 heterocycles. The van der Waals surface area contributed by atoms with E-state index in [-0.39, 0.29) is 29.9 Å². The highest BCUT2D eigenvalue weighted by molar-refractivity contribution is 5.81. The number of hydrogen-bond acceptors (Lipinski definition) is 3. The van der Waals surface area contributed by atoms with Crippen LogP contribution in [0.3, 0.4) is 0 Å². The lowest BCUT2D eigenvalue weighted by molar-refractivity contribution is -0.149. The lowest BCUT2D eigenvalue weighted by Gasteiger charge is -2.40. The molecule has 1 aromatic rings. The highest BCUT2D eigenvalue weighted by Gasteiger charge is 2.39. The van der Waals surface area contributed by atoms with Gasteiger partial charge in [-0.1, -0.05) is 24.3 Å². The molecule has 1 amide bonds. The number of aryl methyl sites for hydroxylation is 1. The number of benzene rings is 1. The van der Waals surface area contributed by atoms with Gasteiger partial charge in [0.25, 0.3) is 0 Å². The number of morpholine rings is 1. The number of carbonyl (C=O) groups is 2. The van der Waals surface area contributed by atoms with Crippen LogP contribution in [0.4, 0.5) is 0 Å². The molecule has 3 rings (SSSR count). The number of aliphatic carboxylic acids is 1. The summed E-state index contributed by atoms with van der Waals surface area (Å²) in [5.41, 5.74) is 2.29. The van der Waals surface area contributed by atoms with Gasteiger partial charge >= 0.3 is 5.97 Å². The summed E-state index contributed by atoms with van der Waals surface area (Å²) >= 11 is 0. The molecule has 1 aliphatic heterocycles. The summed E-state index contributed by atoms with van der Waals surface area (Å²) in [7, 11) is 0. The number of ether oxygens (including phenoxy) is 1. The molecular weight excluding hydrogens is 306 g/mol. The quantitative estimate of drug-likeness (QED) is 0.925. The molecule has 130 valence electrons. The van der Waals surface area contributed by atoms with Crippen LogP contribution in [0, 0.1) is 18.8 Å². The van der Waals surface area contributed by atoms with Crippen LogP contribution in [0.25, 0.3) is 0 Å². The van der Waals surface area contributed by atoms with Gasteiger partial charge in [-0.05, 0) is 44.2 Å². The Kier molecular flexibility index (Phi) is 4.90. The lowest BCUT2D eigenvalue weighted by Crippen LogP contribution is -2.50. The van der Waals surface area contributed by atoms with Gasteiger partial charge in [-0.25, -0.2) is 0 Å². The molecule has 5 nitrogen and oxygen atoms in total. The summed E-state index contributed by atoms with van der Waals surface area (Å²) in [5, 5.41) is 9.15. The third-order valence-corrected chi connectivity index (χ3v) is 5.38. The second-order valence-corrected chi connectivity index (χ2v) is 7.06. The topological polar surface area (TPSA) is 66.8 Å². The molecule has 0 spiro atoms. The fourth-order valence-corrected chi connectivity index (χ4v) is 3.86. The Balaban J connectivity index is 1.71. The first-order chi connectivity index (χ1) is 11.5. The predicted molar refractivity (Wildman–Crippen MR) is 89.5 cm³/mol. The first-order valence-electron chi connectivity index (χ1n) is 8.67. The molecule has 24 heavy (non-hydrogen) atoms. The summed E-state index contributed by atoms with van der Waals surface area (Å²) in [6, 6.07) is 8.12. The molecule has 5 heteroatoms. The third-order valence-electron chi connectivity index (χ3n) is 5.38. The maximum atomic E-state index is 12.9. The van der Waals surface area contributed by atoms with Crippen molar-refractivity contribution in [1.29, 1.82) is 0 Å². The van der Waals surface area contributed by atoms with Gasteiger partial charge in [0.2, 0.25) is 5.91 Å². The molecule has 1 saturated carbocycles. The Morgan fingerprint density at radius 2 is 1.92 bits per heavy atom. The van der Waals surface area contributed by atoms with Gasteiger partial charge in [0.05, 0.1) is 25.1 Å². The first-order valence-corrected chi connectivity index (χ1v) is 8.67. The number of rotatable bonds is 3. The van der Waals surface area contributed by atoms with Crippen molar-refractivity contribution in [1.82, 2.24) is 4.90 Å². The van der Waals surface area contributed by atoms with Crippen molar-refractivity contribution in [3.63, 3.8) is 0 Å². The number of amides is 1. The maximum absolute atomic E-state index is 12.9. The minimum atomic E-state index is -0.780. The zero-order valence-corrected chi connectivity index (χ0v) is 14.3. The molecule has 0 aromatic heterocycles. The van der Waals surface area contributed by atoms with Crippen molar-refractivity contribution in [2.45, 2.75) is 45.3 Å². The van der Waals surface area contributed by atoms with Crippen LogP contribution in [0.5, 0.6) is 0 Å². The lowest BCUT2D eigenvalue weighted by atomic mass is 9.98. The van der Waals surface area contributed by atoms with Gasteiger partial charge in [-0.3, -0.25) is 9.59 Å². The zero-order chi connectivity index (χ0) is 17.3. The Morgan fingerprint density at radius 1 is 1.21 bits per heavy atom. The molecule has 2 aliphatic rings. The predicted octanol–water partition coefficient (Wildman–Crippen LogP) is 2.78. The van der Waals surface area contributed by atoms with E-state index in [2.05, 4.69) is 19.1 Å². The van der Waals surface area contributed by atoms with E-state index in [9.17, 15) is 9.59 Å². The maximum Gasteiger partial charge on any atom is 0.306 e. The van der Waals surface area contributed by atoms with Crippen molar-refractivity contribution < 1.29 is 19.4 Å². The average Bonchev–Trinajstić information content (AvgIpc) is 3.06. The van der Waals surface area contributed by atoms with Crippen molar-refractivity contribution in [3.8, 4) is 0 Å². The van der Waals surface area contributed by atoms with E-state index in [1.165, 1.54) is 0 Å². The summed E-state index contributed by atoms with van der Waals surface area (Å²) in [6.07, 6.45) is 1.64. The van der Waals surface area contributed by atoms with Crippen LogP contribution in [0.1, 0.15) is 43.4 Å². The standard InChI is InChI=1S/C19H25NO4/c1-12-5-3-4-6-16(12)17-10-20(13(2)11-24-17)18(21)14-7-8-15(9-14)19(22)23/h3-6,13-15,17H,7-11H2,1-2H3,(H,22,23)/t13?,14-,15+,17?/m1/s1. The molecule has 0 radical (unpaired) electrons. The van der Waals surface area contributed by atoms with Gasteiger partial charge < -0.3 is 14.7 Å². The molecule has 1 aromatic carbocycles. The van der Waals surface area contributed by atoms with E-state index < -0.39 is 5.97 Å². The van der Waals surface area contributed by atoms with E-state index in [1.807, 2.05) is 24.0 Å². The summed E-state index contributed by atoms with van der Waals surface area (Å²) in [4.78, 5) is 26.0. The van der Waals surface area contributed by atoms with Crippen LogP contribution in [0.2, 0.25) is 0 Å². The molecule has 4 atom stereocenters. The highest BCUT2D eigenvalue weighted by Crippen LogP contribution is 2.35. The minimum Gasteiger partial charge on any atom is -0.481 e. The minimum absolute atomic E-state index is 0.0293. The number of nitrogens with zero attached hydrogens (tertiary/aromatic N) is 1. The van der Waals surface area contributed by atoms with Crippen molar-refractivity contribution in [2.24, 2.45) is 11.8 Å². The van der Waals surface area contributed by atoms with Gasteiger partial charge in [0.15, 0.2) is 0 Å². The van der Waals surface area contributed by atoms with Crippen LogP contribution < -0.4 is 0 Å². The van der Waals surface area contributed by atoms with E-state index in [4.69, 9.17) is 9.84 Å². The largest absolute Gasteiger partial charge is 0.481 e. The summed E-state index contributed by atoms with van der Waals surface area (Å²) in [6.45, 7) is 5.10. The van der Waals surface area contributed by atoms with Gasteiger partial charge in [-0.15, -0.1) is 0 Å². The highest BCUT2D eigenvalue weighted by atomic mass is 16.5. The Bertz CT molecular complexity index is 630. The van der Waals surface area contributed by atoms with Crippen LogP contribution in [-0.4, -0.2) is 41.1 Å². The summed E-state index contributed by atoms with van der Waals surface area (Å²) in [5.74, 6) is -1.22. The second kappa shape index (κ2) is 6.93. The molecule has 1 N–H and O–H groups in total. The van der Waals surface area contributed by atoms with E-state index in [1.54, 1.807) is 0 Å². The van der Waals surface area contributed by atoms with Gasteiger partial charge in [0.1, 0.15) is 6.10 Å².